The highest BCUT2D eigenvalue weighted by atomic mass is 16.5. The Hall–Kier alpha value is -2.50. The SMILES string of the molecule is COCC1CN(c2ccc(CC(C#N)NC(=O)C3NC4CCC3CC4)cc2)N=N1. The first kappa shape index (κ1) is 19.8. The molecule has 3 aliphatic heterocycles. The van der Waals surface area contributed by atoms with E-state index in [0.717, 1.165) is 36.9 Å². The van der Waals surface area contributed by atoms with Crippen molar-refractivity contribution < 1.29 is 9.53 Å². The van der Waals surface area contributed by atoms with Crippen molar-refractivity contribution in [2.75, 3.05) is 25.3 Å². The Balaban J connectivity index is 1.31. The van der Waals surface area contributed by atoms with Gasteiger partial charge in [0.25, 0.3) is 0 Å². The number of hydrogen-bond donors (Lipinski definition) is 2. The van der Waals surface area contributed by atoms with Crippen molar-refractivity contribution in [3.8, 4) is 6.07 Å². The first-order chi connectivity index (χ1) is 14.2. The fraction of sp³-hybridized carbons (Fsp3) is 0.619. The first-order valence-corrected chi connectivity index (χ1v) is 10.4. The quantitative estimate of drug-likeness (QED) is 0.734. The van der Waals surface area contributed by atoms with Gasteiger partial charge in [-0.3, -0.25) is 4.79 Å². The van der Waals surface area contributed by atoms with Crippen LogP contribution in [0.1, 0.15) is 31.2 Å². The summed E-state index contributed by atoms with van der Waals surface area (Å²) in [6.45, 7) is 1.25. The van der Waals surface area contributed by atoms with Crippen LogP contribution in [-0.4, -0.2) is 50.3 Å². The standard InChI is InChI=1S/C21H28N6O2/c1-29-13-18-12-27(26-25-18)19-8-2-14(3-9-19)10-17(11-22)24-21(28)20-15-4-6-16(23-20)7-5-15/h2-3,8-9,15-18,20,23H,4-7,10,12-13H2,1H3,(H,24,28). The number of carbonyl (C=O) groups excluding carboxylic acids is 1. The molecule has 1 aromatic rings. The van der Waals surface area contributed by atoms with Crippen molar-refractivity contribution >= 4 is 11.6 Å². The maximum Gasteiger partial charge on any atom is 0.238 e. The predicted molar refractivity (Wildman–Crippen MR) is 108 cm³/mol. The van der Waals surface area contributed by atoms with Gasteiger partial charge in [-0.2, -0.15) is 10.4 Å². The number of benzene rings is 1. The van der Waals surface area contributed by atoms with E-state index in [1.807, 2.05) is 29.3 Å². The molecule has 2 bridgehead atoms. The number of piperidine rings is 2. The summed E-state index contributed by atoms with van der Waals surface area (Å²) in [6.07, 6.45) is 5.01. The molecule has 1 amide bonds. The molecule has 154 valence electrons. The Labute approximate surface area is 171 Å². The molecule has 5 rings (SSSR count). The minimum Gasteiger partial charge on any atom is -0.382 e. The van der Waals surface area contributed by atoms with Crippen LogP contribution < -0.4 is 15.6 Å². The fourth-order valence-corrected chi connectivity index (χ4v) is 4.57. The fourth-order valence-electron chi connectivity index (χ4n) is 4.57. The lowest BCUT2D eigenvalue weighted by Gasteiger charge is -2.42. The molecular weight excluding hydrogens is 368 g/mol. The summed E-state index contributed by atoms with van der Waals surface area (Å²) in [4.78, 5) is 12.7. The Morgan fingerprint density at radius 2 is 2.10 bits per heavy atom. The van der Waals surface area contributed by atoms with Crippen molar-refractivity contribution in [3.63, 3.8) is 0 Å². The van der Waals surface area contributed by atoms with Crippen LogP contribution in [0.5, 0.6) is 0 Å². The molecule has 0 radical (unpaired) electrons. The van der Waals surface area contributed by atoms with E-state index in [1.165, 1.54) is 0 Å². The molecule has 3 unspecified atom stereocenters. The van der Waals surface area contributed by atoms with Gasteiger partial charge in [0.15, 0.2) is 0 Å². The number of methoxy groups -OCH3 is 1. The van der Waals surface area contributed by atoms with Crippen LogP contribution >= 0.6 is 0 Å². The summed E-state index contributed by atoms with van der Waals surface area (Å²) < 4.78 is 5.13. The molecule has 8 heteroatoms. The highest BCUT2D eigenvalue weighted by Crippen LogP contribution is 2.33. The highest BCUT2D eigenvalue weighted by Gasteiger charge is 2.39. The third kappa shape index (κ3) is 4.57. The number of carbonyl (C=O) groups is 1. The van der Waals surface area contributed by atoms with Gasteiger partial charge in [0.05, 0.1) is 31.0 Å². The number of nitrogens with zero attached hydrogens (tertiary/aromatic N) is 4. The Bertz CT molecular complexity index is 781. The third-order valence-corrected chi connectivity index (χ3v) is 6.15. The summed E-state index contributed by atoms with van der Waals surface area (Å²) in [7, 11) is 1.66. The number of anilines is 1. The van der Waals surface area contributed by atoms with Gasteiger partial charge in [0.1, 0.15) is 12.1 Å². The number of ether oxygens (including phenoxy) is 1. The van der Waals surface area contributed by atoms with Gasteiger partial charge in [0.2, 0.25) is 5.91 Å². The monoisotopic (exact) mass is 396 g/mol. The van der Waals surface area contributed by atoms with Gasteiger partial charge in [-0.15, -0.1) is 0 Å². The molecule has 3 fully saturated rings. The molecule has 4 aliphatic rings. The smallest absolute Gasteiger partial charge is 0.238 e. The molecule has 0 aromatic heterocycles. The summed E-state index contributed by atoms with van der Waals surface area (Å²) in [5.74, 6) is 0.361. The van der Waals surface area contributed by atoms with Crippen LogP contribution in [0.3, 0.4) is 0 Å². The van der Waals surface area contributed by atoms with E-state index < -0.39 is 6.04 Å². The molecule has 1 saturated carbocycles. The van der Waals surface area contributed by atoms with Crippen LogP contribution in [0.15, 0.2) is 34.6 Å². The molecule has 2 N–H and O–H groups in total. The average Bonchev–Trinajstić information content (AvgIpc) is 3.23. The molecule has 3 atom stereocenters. The van der Waals surface area contributed by atoms with E-state index in [-0.39, 0.29) is 18.0 Å². The van der Waals surface area contributed by atoms with Gasteiger partial charge < -0.3 is 15.4 Å². The molecule has 29 heavy (non-hydrogen) atoms. The van der Waals surface area contributed by atoms with Gasteiger partial charge in [-0.1, -0.05) is 17.4 Å². The molecule has 8 nitrogen and oxygen atoms in total. The highest BCUT2D eigenvalue weighted by molar-refractivity contribution is 5.83. The van der Waals surface area contributed by atoms with Gasteiger partial charge >= 0.3 is 0 Å². The van der Waals surface area contributed by atoms with E-state index in [0.29, 0.717) is 31.5 Å². The van der Waals surface area contributed by atoms with Gasteiger partial charge in [0, 0.05) is 19.6 Å². The lowest BCUT2D eigenvalue weighted by Crippen LogP contribution is -2.59. The van der Waals surface area contributed by atoms with Crippen molar-refractivity contribution in [3.05, 3.63) is 29.8 Å². The van der Waals surface area contributed by atoms with Crippen LogP contribution in [0.25, 0.3) is 0 Å². The number of nitrogens with one attached hydrogen (secondary N) is 2. The second kappa shape index (κ2) is 8.89. The van der Waals surface area contributed by atoms with Crippen molar-refractivity contribution in [1.29, 1.82) is 5.26 Å². The number of amides is 1. The molecule has 2 saturated heterocycles. The second-order valence-corrected chi connectivity index (χ2v) is 8.21. The van der Waals surface area contributed by atoms with Gasteiger partial charge in [-0.05, 0) is 49.3 Å². The van der Waals surface area contributed by atoms with E-state index in [1.54, 1.807) is 7.11 Å². The maximum absolute atomic E-state index is 12.7. The lowest BCUT2D eigenvalue weighted by atomic mass is 9.76. The van der Waals surface area contributed by atoms with Crippen LogP contribution in [-0.2, 0) is 16.0 Å². The van der Waals surface area contributed by atoms with E-state index in [2.05, 4.69) is 27.0 Å². The van der Waals surface area contributed by atoms with Gasteiger partial charge in [-0.25, -0.2) is 5.01 Å². The number of rotatable bonds is 7. The van der Waals surface area contributed by atoms with Crippen LogP contribution in [0.2, 0.25) is 0 Å². The van der Waals surface area contributed by atoms with Crippen LogP contribution in [0, 0.1) is 17.2 Å². The first-order valence-electron chi connectivity index (χ1n) is 10.4. The van der Waals surface area contributed by atoms with Crippen molar-refractivity contribution in [2.24, 2.45) is 16.3 Å². The van der Waals surface area contributed by atoms with Crippen molar-refractivity contribution in [1.82, 2.24) is 10.6 Å². The Morgan fingerprint density at radius 3 is 2.72 bits per heavy atom. The molecule has 3 heterocycles. The summed E-state index contributed by atoms with van der Waals surface area (Å²) >= 11 is 0. The molecular formula is C21H28N6O2. The largest absolute Gasteiger partial charge is 0.382 e. The minimum atomic E-state index is -0.534. The van der Waals surface area contributed by atoms with E-state index >= 15 is 0 Å². The molecule has 1 aliphatic carbocycles. The van der Waals surface area contributed by atoms with Crippen molar-refractivity contribution in [2.45, 2.75) is 56.3 Å². The lowest BCUT2D eigenvalue weighted by molar-refractivity contribution is -0.127. The Kier molecular flexibility index (Phi) is 6.07. The Morgan fingerprint density at radius 1 is 1.34 bits per heavy atom. The third-order valence-electron chi connectivity index (χ3n) is 6.15. The maximum atomic E-state index is 12.7. The number of nitriles is 1. The zero-order valence-corrected chi connectivity index (χ0v) is 16.8. The normalized spacial score (nSPS) is 28.9. The zero-order chi connectivity index (χ0) is 20.2. The molecule has 0 spiro atoms. The number of hydrogen-bond acceptors (Lipinski definition) is 7. The van der Waals surface area contributed by atoms with E-state index in [9.17, 15) is 10.1 Å². The predicted octanol–water partition coefficient (Wildman–Crippen LogP) is 1.97. The minimum absolute atomic E-state index is 0.0377. The molecule has 1 aromatic carbocycles. The second-order valence-electron chi connectivity index (χ2n) is 8.21. The summed E-state index contributed by atoms with van der Waals surface area (Å²) in [5.41, 5.74) is 1.96. The topological polar surface area (TPSA) is 102 Å². The van der Waals surface area contributed by atoms with Crippen LogP contribution in [0.4, 0.5) is 5.69 Å². The number of fused-ring (bicyclic) bond motifs is 3. The summed E-state index contributed by atoms with van der Waals surface area (Å²) in [5, 5.41) is 26.1. The zero-order valence-electron chi connectivity index (χ0n) is 16.8. The van der Waals surface area contributed by atoms with E-state index in [4.69, 9.17) is 4.74 Å². The average molecular weight is 396 g/mol. The summed E-state index contributed by atoms with van der Waals surface area (Å²) in [6, 6.07) is 9.96.